The topological polar surface area (TPSA) is 108 Å². The molecule has 1 aliphatic rings. The van der Waals surface area contributed by atoms with E-state index in [2.05, 4.69) is 15.5 Å². The molecule has 0 bridgehead atoms. The fraction of sp³-hybridized carbons (Fsp3) is 0.222. The Labute approximate surface area is 164 Å². The lowest BCUT2D eigenvalue weighted by Gasteiger charge is -2.23. The molecule has 9 nitrogen and oxygen atoms in total. The van der Waals surface area contributed by atoms with Crippen molar-refractivity contribution in [3.63, 3.8) is 0 Å². The Morgan fingerprint density at radius 1 is 1.21 bits per heavy atom. The fourth-order valence-corrected chi connectivity index (χ4v) is 3.17. The summed E-state index contributed by atoms with van der Waals surface area (Å²) in [5.41, 5.74) is 0.396. The van der Waals surface area contributed by atoms with E-state index in [0.717, 1.165) is 11.8 Å². The second-order valence-corrected chi connectivity index (χ2v) is 6.87. The van der Waals surface area contributed by atoms with Crippen LogP contribution in [-0.4, -0.2) is 38.9 Å². The van der Waals surface area contributed by atoms with E-state index in [1.807, 2.05) is 18.2 Å². The van der Waals surface area contributed by atoms with Crippen molar-refractivity contribution in [3.05, 3.63) is 54.2 Å². The summed E-state index contributed by atoms with van der Waals surface area (Å²) in [6.45, 7) is 0.245. The number of para-hydroxylation sites is 2. The normalized spacial score (nSPS) is 15.2. The van der Waals surface area contributed by atoms with Crippen molar-refractivity contribution in [2.45, 2.75) is 11.3 Å². The summed E-state index contributed by atoms with van der Waals surface area (Å²) in [7, 11) is 1.73. The van der Waals surface area contributed by atoms with E-state index < -0.39 is 17.9 Å². The van der Waals surface area contributed by atoms with Gasteiger partial charge in [-0.25, -0.2) is 0 Å². The van der Waals surface area contributed by atoms with E-state index in [1.54, 1.807) is 36.0 Å². The van der Waals surface area contributed by atoms with Crippen LogP contribution in [0.5, 0.6) is 11.5 Å². The summed E-state index contributed by atoms with van der Waals surface area (Å²) in [6, 6.07) is 10.7. The number of aryl methyl sites for hydroxylation is 1. The molecule has 144 valence electrons. The average Bonchev–Trinajstić information content (AvgIpc) is 3.35. The molecule has 0 aliphatic carbocycles. The molecule has 0 saturated heterocycles. The number of imide groups is 1. The number of carbonyl (C=O) groups excluding carboxylic acids is 2. The number of carbonyl (C=O) groups is 2. The Morgan fingerprint density at radius 2 is 2.04 bits per heavy atom. The molecule has 1 N–H and O–H groups in total. The number of aromatic nitrogens is 3. The Kier molecular flexibility index (Phi) is 5.02. The zero-order valence-corrected chi connectivity index (χ0v) is 15.6. The smallest absolute Gasteiger partial charge is 0.277 e. The molecule has 10 heteroatoms. The third kappa shape index (κ3) is 3.86. The number of rotatable bonds is 5. The molecule has 1 aromatic carbocycles. The molecule has 2 aromatic heterocycles. The van der Waals surface area contributed by atoms with Gasteiger partial charge in [0.15, 0.2) is 11.5 Å². The first-order chi connectivity index (χ1) is 13.6. The largest absolute Gasteiger partial charge is 0.485 e. The van der Waals surface area contributed by atoms with Gasteiger partial charge in [0.25, 0.3) is 17.0 Å². The van der Waals surface area contributed by atoms with Crippen LogP contribution in [0.2, 0.25) is 0 Å². The average molecular weight is 400 g/mol. The predicted octanol–water partition coefficient (Wildman–Crippen LogP) is 1.97. The molecule has 3 heterocycles. The summed E-state index contributed by atoms with van der Waals surface area (Å²) in [5.74, 6) is 0.565. The first-order valence-electron chi connectivity index (χ1n) is 8.40. The van der Waals surface area contributed by atoms with Crippen molar-refractivity contribution >= 4 is 23.6 Å². The van der Waals surface area contributed by atoms with Crippen LogP contribution in [0, 0.1) is 0 Å². The van der Waals surface area contributed by atoms with Crippen LogP contribution in [0.1, 0.15) is 22.5 Å². The number of benzene rings is 1. The van der Waals surface area contributed by atoms with E-state index >= 15 is 0 Å². The monoisotopic (exact) mass is 400 g/mol. The van der Waals surface area contributed by atoms with Gasteiger partial charge >= 0.3 is 0 Å². The van der Waals surface area contributed by atoms with Crippen molar-refractivity contribution < 1.29 is 23.5 Å². The Hall–Kier alpha value is -3.27. The van der Waals surface area contributed by atoms with Crippen LogP contribution in [0.15, 0.2) is 52.2 Å². The minimum Gasteiger partial charge on any atom is -0.485 e. The molecular formula is C18H16N4O5S. The highest BCUT2D eigenvalue weighted by molar-refractivity contribution is 7.99. The van der Waals surface area contributed by atoms with Gasteiger partial charge in [0.2, 0.25) is 12.0 Å². The van der Waals surface area contributed by atoms with Gasteiger partial charge in [0, 0.05) is 13.2 Å². The lowest BCUT2D eigenvalue weighted by atomic mass is 10.2. The van der Waals surface area contributed by atoms with E-state index in [1.165, 1.54) is 0 Å². The molecule has 0 saturated carbocycles. The van der Waals surface area contributed by atoms with E-state index in [9.17, 15) is 9.59 Å². The molecule has 0 unspecified atom stereocenters. The molecule has 0 radical (unpaired) electrons. The summed E-state index contributed by atoms with van der Waals surface area (Å²) in [6.07, 6.45) is 1.20. The maximum Gasteiger partial charge on any atom is 0.277 e. The highest BCUT2D eigenvalue weighted by atomic mass is 32.2. The number of thioether (sulfide) groups is 1. The van der Waals surface area contributed by atoms with E-state index in [-0.39, 0.29) is 23.5 Å². The van der Waals surface area contributed by atoms with Crippen molar-refractivity contribution in [1.82, 2.24) is 20.1 Å². The maximum atomic E-state index is 12.0. The van der Waals surface area contributed by atoms with Crippen LogP contribution in [0.3, 0.4) is 0 Å². The van der Waals surface area contributed by atoms with E-state index in [4.69, 9.17) is 13.9 Å². The number of amides is 2. The van der Waals surface area contributed by atoms with Gasteiger partial charge in [-0.1, -0.05) is 23.9 Å². The third-order valence-electron chi connectivity index (χ3n) is 3.96. The summed E-state index contributed by atoms with van der Waals surface area (Å²) in [4.78, 5) is 24.0. The van der Waals surface area contributed by atoms with Crippen molar-refractivity contribution in [1.29, 1.82) is 0 Å². The van der Waals surface area contributed by atoms with Crippen LogP contribution in [0.4, 0.5) is 0 Å². The number of hydrogen-bond acceptors (Lipinski definition) is 8. The van der Waals surface area contributed by atoms with Gasteiger partial charge in [-0.05, 0) is 24.3 Å². The fourth-order valence-electron chi connectivity index (χ4n) is 2.60. The minimum absolute atomic E-state index is 0.0390. The van der Waals surface area contributed by atoms with Crippen molar-refractivity contribution in [2.24, 2.45) is 7.05 Å². The number of nitrogens with one attached hydrogen (secondary N) is 1. The van der Waals surface area contributed by atoms with Gasteiger partial charge < -0.3 is 18.5 Å². The van der Waals surface area contributed by atoms with Gasteiger partial charge in [-0.15, -0.1) is 10.2 Å². The standard InChI is InChI=1S/C18H16N4O5S/c1-22-8-4-5-11(22)16(24)19-15(23)10-28-18-21-20-17(27-18)14-9-25-12-6-2-3-7-13(12)26-14/h2-8,14H,9-10H2,1H3,(H,19,23,24)/t14-/m1/s1. The van der Waals surface area contributed by atoms with Crippen LogP contribution < -0.4 is 14.8 Å². The summed E-state index contributed by atoms with van der Waals surface area (Å²) >= 11 is 1.03. The van der Waals surface area contributed by atoms with Gasteiger partial charge in [-0.2, -0.15) is 0 Å². The van der Waals surface area contributed by atoms with Crippen LogP contribution >= 0.6 is 11.8 Å². The summed E-state index contributed by atoms with van der Waals surface area (Å²) < 4.78 is 18.6. The summed E-state index contributed by atoms with van der Waals surface area (Å²) in [5, 5.41) is 10.4. The quantitative estimate of drug-likeness (QED) is 0.648. The van der Waals surface area contributed by atoms with Gasteiger partial charge in [0.1, 0.15) is 12.3 Å². The number of fused-ring (bicyclic) bond motifs is 1. The molecule has 0 fully saturated rings. The highest BCUT2D eigenvalue weighted by Gasteiger charge is 2.27. The molecule has 28 heavy (non-hydrogen) atoms. The van der Waals surface area contributed by atoms with Crippen molar-refractivity contribution in [3.8, 4) is 11.5 Å². The first-order valence-corrected chi connectivity index (χ1v) is 9.39. The number of ether oxygens (including phenoxy) is 2. The Bertz CT molecular complexity index is 1010. The molecule has 1 atom stereocenters. The van der Waals surface area contributed by atoms with Crippen LogP contribution in [-0.2, 0) is 11.8 Å². The van der Waals surface area contributed by atoms with Crippen molar-refractivity contribution in [2.75, 3.05) is 12.4 Å². The highest BCUT2D eigenvalue weighted by Crippen LogP contribution is 2.35. The molecule has 0 spiro atoms. The third-order valence-corrected chi connectivity index (χ3v) is 4.78. The lowest BCUT2D eigenvalue weighted by Crippen LogP contribution is -2.32. The van der Waals surface area contributed by atoms with Gasteiger partial charge in [-0.3, -0.25) is 14.9 Å². The predicted molar refractivity (Wildman–Crippen MR) is 98.2 cm³/mol. The van der Waals surface area contributed by atoms with E-state index in [0.29, 0.717) is 17.2 Å². The Morgan fingerprint density at radius 3 is 2.82 bits per heavy atom. The first kappa shape index (κ1) is 18.1. The lowest BCUT2D eigenvalue weighted by molar-refractivity contribution is -0.117. The molecular weight excluding hydrogens is 384 g/mol. The van der Waals surface area contributed by atoms with Gasteiger partial charge in [0.05, 0.1) is 5.75 Å². The molecule has 4 rings (SSSR count). The minimum atomic E-state index is -0.524. The second-order valence-electron chi connectivity index (χ2n) is 5.94. The molecule has 2 amide bonds. The maximum absolute atomic E-state index is 12.0. The zero-order chi connectivity index (χ0) is 19.5. The number of nitrogens with zero attached hydrogens (tertiary/aromatic N) is 3. The Balaban J connectivity index is 1.31. The zero-order valence-electron chi connectivity index (χ0n) is 14.8. The molecule has 1 aliphatic heterocycles. The second kappa shape index (κ2) is 7.77. The molecule has 3 aromatic rings. The number of hydrogen-bond donors (Lipinski definition) is 1. The van der Waals surface area contributed by atoms with Crippen LogP contribution in [0.25, 0.3) is 0 Å². The SMILES string of the molecule is Cn1cccc1C(=O)NC(=O)CSc1nnc([C@H]2COc3ccccc3O2)o1.